The highest BCUT2D eigenvalue weighted by Crippen LogP contribution is 2.23. The maximum Gasteiger partial charge on any atom is 0.242 e. The molecule has 1 rings (SSSR count). The van der Waals surface area contributed by atoms with E-state index in [1.54, 1.807) is 0 Å². The zero-order valence-corrected chi connectivity index (χ0v) is 10.5. The Morgan fingerprint density at radius 1 is 1.50 bits per heavy atom. The van der Waals surface area contributed by atoms with E-state index in [1.807, 2.05) is 0 Å². The summed E-state index contributed by atoms with van der Waals surface area (Å²) in [5.41, 5.74) is 5.85. The third-order valence-electron chi connectivity index (χ3n) is 1.70. The van der Waals surface area contributed by atoms with Gasteiger partial charge in [-0.2, -0.15) is 0 Å². The minimum Gasteiger partial charge on any atom is -0.399 e. The zero-order chi connectivity index (χ0) is 12.3. The molecule has 16 heavy (non-hydrogen) atoms. The summed E-state index contributed by atoms with van der Waals surface area (Å²) in [4.78, 5) is -0.0405. The second kappa shape index (κ2) is 5.05. The van der Waals surface area contributed by atoms with Crippen LogP contribution in [0.4, 0.5) is 5.69 Å². The summed E-state index contributed by atoms with van der Waals surface area (Å²) in [5, 5.41) is 0.253. The van der Waals surface area contributed by atoms with Gasteiger partial charge < -0.3 is 5.73 Å². The maximum atomic E-state index is 11.7. The van der Waals surface area contributed by atoms with E-state index in [2.05, 4.69) is 11.3 Å². The summed E-state index contributed by atoms with van der Waals surface area (Å²) in [6, 6.07) is 4.15. The number of sulfonamides is 1. The number of hydrogen-bond acceptors (Lipinski definition) is 3. The number of hydrogen-bond donors (Lipinski definition) is 2. The summed E-state index contributed by atoms with van der Waals surface area (Å²) in [6.45, 7) is 3.32. The highest BCUT2D eigenvalue weighted by Gasteiger charge is 2.17. The van der Waals surface area contributed by atoms with Crippen LogP contribution >= 0.6 is 23.2 Å². The van der Waals surface area contributed by atoms with Crippen LogP contribution in [0.3, 0.4) is 0 Å². The molecule has 0 radical (unpaired) electrons. The normalized spacial score (nSPS) is 11.4. The topological polar surface area (TPSA) is 72.2 Å². The molecule has 0 amide bonds. The molecule has 0 aliphatic carbocycles. The molecule has 0 aliphatic heterocycles. The van der Waals surface area contributed by atoms with Crippen molar-refractivity contribution in [2.75, 3.05) is 12.3 Å². The Kier molecular flexibility index (Phi) is 4.21. The lowest BCUT2D eigenvalue weighted by atomic mass is 10.3. The first-order chi connectivity index (χ1) is 7.33. The monoisotopic (exact) mass is 280 g/mol. The maximum absolute atomic E-state index is 11.7. The first-order valence-electron chi connectivity index (χ1n) is 4.21. The molecule has 0 aliphatic rings. The number of rotatable bonds is 4. The summed E-state index contributed by atoms with van der Waals surface area (Å²) >= 11 is 11.2. The van der Waals surface area contributed by atoms with Gasteiger partial charge in [0.1, 0.15) is 4.90 Å². The molecular weight excluding hydrogens is 271 g/mol. The predicted molar refractivity (Wildman–Crippen MR) is 66.0 cm³/mol. The van der Waals surface area contributed by atoms with Crippen molar-refractivity contribution in [1.29, 1.82) is 0 Å². The molecule has 0 unspecified atom stereocenters. The summed E-state index contributed by atoms with van der Waals surface area (Å²) in [5.74, 6) is 0. The van der Waals surface area contributed by atoms with Gasteiger partial charge in [0.15, 0.2) is 0 Å². The molecule has 88 valence electrons. The Labute approximate surface area is 104 Å². The van der Waals surface area contributed by atoms with Crippen molar-refractivity contribution < 1.29 is 8.42 Å². The Morgan fingerprint density at radius 3 is 2.62 bits per heavy atom. The van der Waals surface area contributed by atoms with E-state index in [0.717, 1.165) is 0 Å². The van der Waals surface area contributed by atoms with E-state index in [0.29, 0.717) is 5.69 Å². The van der Waals surface area contributed by atoms with Crippen molar-refractivity contribution in [2.24, 2.45) is 0 Å². The van der Waals surface area contributed by atoms with E-state index < -0.39 is 10.0 Å². The lowest BCUT2D eigenvalue weighted by Gasteiger charge is -2.07. The zero-order valence-electron chi connectivity index (χ0n) is 8.20. The number of benzene rings is 1. The molecule has 1 aromatic rings. The minimum atomic E-state index is -3.69. The molecular formula is C9H10Cl2N2O2S. The van der Waals surface area contributed by atoms with Gasteiger partial charge in [0, 0.05) is 17.3 Å². The van der Waals surface area contributed by atoms with Crippen molar-refractivity contribution in [1.82, 2.24) is 4.72 Å². The smallest absolute Gasteiger partial charge is 0.242 e. The molecule has 0 aromatic heterocycles. The molecule has 4 nitrogen and oxygen atoms in total. The first-order valence-corrected chi connectivity index (χ1v) is 6.45. The quantitative estimate of drug-likeness (QED) is 0.828. The number of nitrogens with two attached hydrogens (primary N) is 1. The van der Waals surface area contributed by atoms with Gasteiger partial charge in [-0.3, -0.25) is 0 Å². The van der Waals surface area contributed by atoms with Crippen LogP contribution in [0.2, 0.25) is 5.02 Å². The van der Waals surface area contributed by atoms with Gasteiger partial charge in [-0.05, 0) is 18.2 Å². The molecule has 0 atom stereocenters. The Balaban J connectivity index is 3.03. The predicted octanol–water partition coefficient (Wildman–Crippen LogP) is 1.95. The number of nitrogens with one attached hydrogen (secondary N) is 1. The van der Waals surface area contributed by atoms with Crippen molar-refractivity contribution in [3.8, 4) is 0 Å². The van der Waals surface area contributed by atoms with Crippen LogP contribution in [0.1, 0.15) is 0 Å². The van der Waals surface area contributed by atoms with Crippen molar-refractivity contribution in [3.63, 3.8) is 0 Å². The van der Waals surface area contributed by atoms with Gasteiger partial charge in [-0.15, -0.1) is 0 Å². The highest BCUT2D eigenvalue weighted by atomic mass is 35.5. The fraction of sp³-hybridized carbons (Fsp3) is 0.111. The summed E-state index contributed by atoms with van der Waals surface area (Å²) in [6.07, 6.45) is 0. The van der Waals surface area contributed by atoms with Crippen LogP contribution in [-0.2, 0) is 10.0 Å². The van der Waals surface area contributed by atoms with Gasteiger partial charge >= 0.3 is 0 Å². The number of anilines is 1. The molecule has 1 aromatic carbocycles. The van der Waals surface area contributed by atoms with Gasteiger partial charge in [0.05, 0.1) is 5.02 Å². The molecule has 0 bridgehead atoms. The van der Waals surface area contributed by atoms with Crippen LogP contribution in [0.5, 0.6) is 0 Å². The lowest BCUT2D eigenvalue weighted by Crippen LogP contribution is -2.25. The number of halogens is 2. The van der Waals surface area contributed by atoms with Crippen molar-refractivity contribution in [2.45, 2.75) is 4.90 Å². The van der Waals surface area contributed by atoms with E-state index in [9.17, 15) is 8.42 Å². The largest absolute Gasteiger partial charge is 0.399 e. The van der Waals surface area contributed by atoms with E-state index in [4.69, 9.17) is 28.9 Å². The lowest BCUT2D eigenvalue weighted by molar-refractivity contribution is 0.585. The first kappa shape index (κ1) is 13.3. The van der Waals surface area contributed by atoms with Crippen LogP contribution in [0, 0.1) is 0 Å². The van der Waals surface area contributed by atoms with Crippen LogP contribution in [-0.4, -0.2) is 15.0 Å². The molecule has 0 heterocycles. The molecule has 0 saturated carbocycles. The third kappa shape index (κ3) is 3.38. The average Bonchev–Trinajstić information content (AvgIpc) is 2.14. The summed E-state index contributed by atoms with van der Waals surface area (Å²) < 4.78 is 25.7. The third-order valence-corrected chi connectivity index (χ3v) is 3.72. The van der Waals surface area contributed by atoms with Crippen molar-refractivity contribution >= 4 is 38.9 Å². The van der Waals surface area contributed by atoms with Crippen LogP contribution < -0.4 is 10.5 Å². The van der Waals surface area contributed by atoms with Gasteiger partial charge in [0.2, 0.25) is 10.0 Å². The Morgan fingerprint density at radius 2 is 2.12 bits per heavy atom. The summed E-state index contributed by atoms with van der Waals surface area (Å²) in [7, 11) is -3.69. The second-order valence-electron chi connectivity index (χ2n) is 3.03. The average molecular weight is 281 g/mol. The fourth-order valence-electron chi connectivity index (χ4n) is 0.986. The van der Waals surface area contributed by atoms with Gasteiger partial charge in [-0.25, -0.2) is 13.1 Å². The number of nitrogen functional groups attached to an aromatic ring is 1. The standard InChI is InChI=1S/C9H10Cl2N2O2S/c1-6(10)5-13-16(14,15)9-3-2-7(12)4-8(9)11/h2-4,13H,1,5,12H2. The fourth-order valence-corrected chi connectivity index (χ4v) is 2.71. The SMILES string of the molecule is C=C(Cl)CNS(=O)(=O)c1ccc(N)cc1Cl. The molecule has 3 N–H and O–H groups in total. The second-order valence-corrected chi connectivity index (χ2v) is 5.71. The minimum absolute atomic E-state index is 0.0405. The van der Waals surface area contributed by atoms with E-state index in [1.165, 1.54) is 18.2 Å². The Hall–Kier alpha value is -0.750. The van der Waals surface area contributed by atoms with E-state index in [-0.39, 0.29) is 21.5 Å². The van der Waals surface area contributed by atoms with E-state index >= 15 is 0 Å². The Bertz CT molecular complexity index is 514. The van der Waals surface area contributed by atoms with Gasteiger partial charge in [-0.1, -0.05) is 29.8 Å². The molecule has 0 saturated heterocycles. The molecule has 0 spiro atoms. The van der Waals surface area contributed by atoms with Gasteiger partial charge in [0.25, 0.3) is 0 Å². The molecule has 7 heteroatoms. The van der Waals surface area contributed by atoms with Crippen LogP contribution in [0.25, 0.3) is 0 Å². The van der Waals surface area contributed by atoms with Crippen molar-refractivity contribution in [3.05, 3.63) is 34.8 Å². The highest BCUT2D eigenvalue weighted by molar-refractivity contribution is 7.89. The molecule has 0 fully saturated rings. The van der Waals surface area contributed by atoms with Crippen LogP contribution in [0.15, 0.2) is 34.7 Å².